The third-order valence-corrected chi connectivity index (χ3v) is 6.75. The Balaban J connectivity index is 1.31. The van der Waals surface area contributed by atoms with Crippen molar-refractivity contribution in [1.29, 1.82) is 0 Å². The second-order valence-electron chi connectivity index (χ2n) is 7.85. The van der Waals surface area contributed by atoms with Crippen LogP contribution in [0.4, 0.5) is 0 Å². The average molecular weight is 262 g/mol. The predicted octanol–water partition coefficient (Wildman–Crippen LogP) is 3.03. The third-order valence-electron chi connectivity index (χ3n) is 6.75. The summed E-state index contributed by atoms with van der Waals surface area (Å²) < 4.78 is 0. The average Bonchev–Trinajstić information content (AvgIpc) is 3.13. The highest BCUT2D eigenvalue weighted by atomic mass is 15.2. The van der Waals surface area contributed by atoms with Gasteiger partial charge in [0, 0.05) is 18.1 Å². The minimum atomic E-state index is 0.772. The Morgan fingerprint density at radius 2 is 1.95 bits per heavy atom. The minimum Gasteiger partial charge on any atom is -0.311 e. The number of hydrogen-bond donors (Lipinski definition) is 1. The maximum atomic E-state index is 4.03. The maximum absolute atomic E-state index is 4.03. The highest BCUT2D eigenvalue weighted by Gasteiger charge is 2.42. The molecule has 0 amide bonds. The maximum Gasteiger partial charge on any atom is 0.0111 e. The highest BCUT2D eigenvalue weighted by Crippen LogP contribution is 2.49. The molecule has 2 bridgehead atoms. The van der Waals surface area contributed by atoms with Gasteiger partial charge in [-0.3, -0.25) is 0 Å². The van der Waals surface area contributed by atoms with Gasteiger partial charge in [-0.15, -0.1) is 0 Å². The van der Waals surface area contributed by atoms with Crippen LogP contribution in [0.2, 0.25) is 0 Å². The highest BCUT2D eigenvalue weighted by molar-refractivity contribution is 4.96. The van der Waals surface area contributed by atoms with Crippen molar-refractivity contribution in [3.63, 3.8) is 0 Å². The molecule has 0 aromatic rings. The molecule has 2 nitrogen and oxygen atoms in total. The van der Waals surface area contributed by atoms with Crippen LogP contribution in [0, 0.1) is 17.8 Å². The number of nitrogens with zero attached hydrogens (tertiary/aromatic N) is 1. The zero-order valence-corrected chi connectivity index (χ0v) is 12.5. The van der Waals surface area contributed by atoms with Crippen LogP contribution in [0.25, 0.3) is 0 Å². The summed E-state index contributed by atoms with van der Waals surface area (Å²) in [5.74, 6) is 3.16. The molecule has 2 aliphatic heterocycles. The lowest BCUT2D eigenvalue weighted by Gasteiger charge is -2.38. The smallest absolute Gasteiger partial charge is 0.0111 e. The van der Waals surface area contributed by atoms with Crippen molar-refractivity contribution in [2.75, 3.05) is 13.1 Å². The van der Waals surface area contributed by atoms with Crippen molar-refractivity contribution in [1.82, 2.24) is 10.2 Å². The van der Waals surface area contributed by atoms with Gasteiger partial charge in [0.05, 0.1) is 0 Å². The van der Waals surface area contributed by atoms with Crippen molar-refractivity contribution in [2.24, 2.45) is 17.8 Å². The fourth-order valence-electron chi connectivity index (χ4n) is 5.78. The lowest BCUT2D eigenvalue weighted by Crippen LogP contribution is -2.50. The summed E-state index contributed by atoms with van der Waals surface area (Å²) in [5, 5.41) is 4.03. The Hall–Kier alpha value is -0.0800. The molecule has 2 saturated carbocycles. The second kappa shape index (κ2) is 5.04. The molecule has 6 unspecified atom stereocenters. The lowest BCUT2D eigenvalue weighted by atomic mass is 9.83. The number of nitrogens with one attached hydrogen (secondary N) is 1. The van der Waals surface area contributed by atoms with Gasteiger partial charge in [-0.2, -0.15) is 0 Å². The first-order valence-electron chi connectivity index (χ1n) is 8.79. The Labute approximate surface area is 118 Å². The van der Waals surface area contributed by atoms with E-state index in [1.165, 1.54) is 58.0 Å². The molecular formula is C17H30N2. The number of piperidine rings is 1. The van der Waals surface area contributed by atoms with Crippen molar-refractivity contribution in [2.45, 2.75) is 76.4 Å². The molecule has 4 aliphatic rings. The van der Waals surface area contributed by atoms with E-state index in [1.54, 1.807) is 6.42 Å². The molecule has 2 heteroatoms. The first-order chi connectivity index (χ1) is 9.29. The molecule has 4 rings (SSSR count). The molecule has 19 heavy (non-hydrogen) atoms. The fourth-order valence-corrected chi connectivity index (χ4v) is 5.78. The standard InChI is InChI=1S/C17H30N2/c1-12(17-10-13-4-5-14(17)9-13)18-15-6-8-19-7-2-3-16(19)11-15/h12-18H,2-11H2,1H3. The molecule has 0 radical (unpaired) electrons. The molecule has 6 atom stereocenters. The van der Waals surface area contributed by atoms with Crippen molar-refractivity contribution in [3.8, 4) is 0 Å². The van der Waals surface area contributed by atoms with Crippen LogP contribution >= 0.6 is 0 Å². The quantitative estimate of drug-likeness (QED) is 0.841. The predicted molar refractivity (Wildman–Crippen MR) is 79.2 cm³/mol. The summed E-state index contributed by atoms with van der Waals surface area (Å²) in [6.07, 6.45) is 11.9. The fraction of sp³-hybridized carbons (Fsp3) is 1.00. The van der Waals surface area contributed by atoms with Gasteiger partial charge in [0.15, 0.2) is 0 Å². The van der Waals surface area contributed by atoms with E-state index in [1.807, 2.05) is 0 Å². The first kappa shape index (κ1) is 12.6. The van der Waals surface area contributed by atoms with Crippen molar-refractivity contribution >= 4 is 0 Å². The zero-order valence-electron chi connectivity index (χ0n) is 12.5. The molecule has 0 aromatic heterocycles. The van der Waals surface area contributed by atoms with Gasteiger partial charge in [-0.25, -0.2) is 0 Å². The molecule has 2 saturated heterocycles. The van der Waals surface area contributed by atoms with E-state index in [9.17, 15) is 0 Å². The number of hydrogen-bond acceptors (Lipinski definition) is 2. The summed E-state index contributed by atoms with van der Waals surface area (Å²) in [7, 11) is 0. The van der Waals surface area contributed by atoms with Crippen LogP contribution in [0.1, 0.15) is 58.3 Å². The van der Waals surface area contributed by atoms with Crippen molar-refractivity contribution in [3.05, 3.63) is 0 Å². The Kier molecular flexibility index (Phi) is 3.35. The number of rotatable bonds is 3. The minimum absolute atomic E-state index is 0.772. The summed E-state index contributed by atoms with van der Waals surface area (Å²) in [6, 6.07) is 2.50. The van der Waals surface area contributed by atoms with E-state index < -0.39 is 0 Å². The van der Waals surface area contributed by atoms with Gasteiger partial charge in [-0.05, 0) is 82.7 Å². The first-order valence-corrected chi connectivity index (χ1v) is 8.79. The summed E-state index contributed by atoms with van der Waals surface area (Å²) in [4.78, 5) is 2.74. The van der Waals surface area contributed by atoms with Gasteiger partial charge in [0.1, 0.15) is 0 Å². The summed E-state index contributed by atoms with van der Waals surface area (Å²) >= 11 is 0. The Morgan fingerprint density at radius 1 is 1.00 bits per heavy atom. The molecule has 108 valence electrons. The topological polar surface area (TPSA) is 15.3 Å². The monoisotopic (exact) mass is 262 g/mol. The number of fused-ring (bicyclic) bond motifs is 3. The van der Waals surface area contributed by atoms with E-state index in [4.69, 9.17) is 0 Å². The van der Waals surface area contributed by atoms with E-state index in [0.29, 0.717) is 0 Å². The molecule has 0 aromatic carbocycles. The van der Waals surface area contributed by atoms with E-state index >= 15 is 0 Å². The Bertz CT molecular complexity index is 329. The van der Waals surface area contributed by atoms with Crippen LogP contribution in [-0.4, -0.2) is 36.1 Å². The van der Waals surface area contributed by atoms with Crippen LogP contribution in [-0.2, 0) is 0 Å². The normalized spacial score (nSPS) is 47.5. The molecule has 2 aliphatic carbocycles. The van der Waals surface area contributed by atoms with Crippen molar-refractivity contribution < 1.29 is 0 Å². The third kappa shape index (κ3) is 2.35. The van der Waals surface area contributed by atoms with Gasteiger partial charge >= 0.3 is 0 Å². The second-order valence-corrected chi connectivity index (χ2v) is 7.85. The molecule has 2 heterocycles. The SMILES string of the molecule is CC(NC1CCN2CCCC2C1)C1CC2CCC1C2. The van der Waals surface area contributed by atoms with E-state index in [0.717, 1.165) is 35.9 Å². The van der Waals surface area contributed by atoms with Crippen LogP contribution in [0.5, 0.6) is 0 Å². The zero-order chi connectivity index (χ0) is 12.8. The van der Waals surface area contributed by atoms with Gasteiger partial charge in [0.25, 0.3) is 0 Å². The van der Waals surface area contributed by atoms with E-state index in [-0.39, 0.29) is 0 Å². The van der Waals surface area contributed by atoms with Crippen LogP contribution < -0.4 is 5.32 Å². The van der Waals surface area contributed by atoms with Crippen LogP contribution in [0.15, 0.2) is 0 Å². The van der Waals surface area contributed by atoms with E-state index in [2.05, 4.69) is 17.1 Å². The molecule has 4 fully saturated rings. The van der Waals surface area contributed by atoms with Crippen LogP contribution in [0.3, 0.4) is 0 Å². The van der Waals surface area contributed by atoms with Gasteiger partial charge in [-0.1, -0.05) is 6.42 Å². The summed E-state index contributed by atoms with van der Waals surface area (Å²) in [5.41, 5.74) is 0. The van der Waals surface area contributed by atoms with Gasteiger partial charge < -0.3 is 10.2 Å². The van der Waals surface area contributed by atoms with Gasteiger partial charge in [0.2, 0.25) is 0 Å². The molecule has 1 N–H and O–H groups in total. The Morgan fingerprint density at radius 3 is 2.74 bits per heavy atom. The lowest BCUT2D eigenvalue weighted by molar-refractivity contribution is 0.147. The summed E-state index contributed by atoms with van der Waals surface area (Å²) in [6.45, 7) is 5.21. The molecule has 0 spiro atoms. The largest absolute Gasteiger partial charge is 0.311 e. The molecular weight excluding hydrogens is 232 g/mol.